The Morgan fingerprint density at radius 1 is 1.24 bits per heavy atom. The number of carbonyl (C=O) groups is 1. The fraction of sp³-hybridized carbons (Fsp3) is 0.333. The van der Waals surface area contributed by atoms with E-state index in [9.17, 15) is 4.79 Å². The third kappa shape index (κ3) is 3.17. The molecule has 1 atom stereocenters. The third-order valence-corrected chi connectivity index (χ3v) is 4.72. The van der Waals surface area contributed by atoms with E-state index in [1.807, 2.05) is 39.8 Å². The molecule has 0 saturated carbocycles. The molecular formula is C18H20N6O. The van der Waals surface area contributed by atoms with Gasteiger partial charge in [-0.3, -0.25) is 14.5 Å². The first kappa shape index (κ1) is 15.6. The molecule has 1 saturated heterocycles. The first-order chi connectivity index (χ1) is 12.3. The van der Waals surface area contributed by atoms with Crippen molar-refractivity contribution >= 4 is 5.91 Å². The average molecular weight is 336 g/mol. The number of H-pyrrole nitrogens is 1. The number of aromatic nitrogens is 5. The van der Waals surface area contributed by atoms with E-state index in [1.165, 1.54) is 0 Å². The Hall–Kier alpha value is -2.96. The van der Waals surface area contributed by atoms with Crippen LogP contribution in [0, 0.1) is 0 Å². The van der Waals surface area contributed by atoms with Gasteiger partial charge in [0.2, 0.25) is 0 Å². The van der Waals surface area contributed by atoms with Crippen molar-refractivity contribution in [3.05, 3.63) is 60.4 Å². The van der Waals surface area contributed by atoms with Crippen LogP contribution in [-0.2, 0) is 6.42 Å². The van der Waals surface area contributed by atoms with Crippen molar-refractivity contribution in [2.24, 2.45) is 0 Å². The van der Waals surface area contributed by atoms with Gasteiger partial charge in [-0.25, -0.2) is 0 Å². The lowest BCUT2D eigenvalue weighted by Gasteiger charge is -2.24. The van der Waals surface area contributed by atoms with E-state index in [2.05, 4.69) is 20.4 Å². The largest absolute Gasteiger partial charge is 0.334 e. The number of aryl methyl sites for hydroxylation is 1. The summed E-state index contributed by atoms with van der Waals surface area (Å²) in [6.07, 6.45) is 7.08. The molecule has 3 aromatic rings. The molecule has 1 aromatic carbocycles. The zero-order valence-corrected chi connectivity index (χ0v) is 13.9. The smallest absolute Gasteiger partial charge is 0.272 e. The van der Waals surface area contributed by atoms with Gasteiger partial charge in [0.05, 0.1) is 0 Å². The fourth-order valence-corrected chi connectivity index (χ4v) is 3.46. The van der Waals surface area contributed by atoms with Gasteiger partial charge in [-0.1, -0.05) is 18.2 Å². The zero-order chi connectivity index (χ0) is 17.1. The molecule has 1 aliphatic rings. The number of para-hydroxylation sites is 1. The summed E-state index contributed by atoms with van der Waals surface area (Å²) in [6, 6.07) is 12.0. The molecule has 3 heterocycles. The number of hydrogen-bond donors (Lipinski definition) is 1. The van der Waals surface area contributed by atoms with Crippen LogP contribution >= 0.6 is 0 Å². The fourth-order valence-electron chi connectivity index (χ4n) is 3.46. The van der Waals surface area contributed by atoms with Gasteiger partial charge < -0.3 is 4.90 Å². The van der Waals surface area contributed by atoms with Crippen LogP contribution in [0.3, 0.4) is 0 Å². The molecule has 1 amide bonds. The summed E-state index contributed by atoms with van der Waals surface area (Å²) >= 11 is 0. The second kappa shape index (κ2) is 6.88. The van der Waals surface area contributed by atoms with Gasteiger partial charge in [-0.15, -0.1) is 10.2 Å². The maximum Gasteiger partial charge on any atom is 0.272 e. The summed E-state index contributed by atoms with van der Waals surface area (Å²) < 4.78 is 2.01. The second-order valence-electron chi connectivity index (χ2n) is 6.26. The van der Waals surface area contributed by atoms with Gasteiger partial charge in [-0.2, -0.15) is 5.10 Å². The molecule has 1 fully saturated rings. The number of likely N-dealkylation sites (tertiary alicyclic amines) is 1. The minimum absolute atomic E-state index is 0.0320. The predicted octanol–water partition coefficient (Wildman–Crippen LogP) is 2.23. The zero-order valence-electron chi connectivity index (χ0n) is 13.9. The van der Waals surface area contributed by atoms with Gasteiger partial charge in [0.25, 0.3) is 5.91 Å². The van der Waals surface area contributed by atoms with E-state index in [0.29, 0.717) is 5.69 Å². The Kier molecular flexibility index (Phi) is 4.28. The Labute approximate surface area is 145 Å². The van der Waals surface area contributed by atoms with E-state index in [1.54, 1.807) is 18.6 Å². The van der Waals surface area contributed by atoms with E-state index in [0.717, 1.165) is 43.7 Å². The highest BCUT2D eigenvalue weighted by Gasteiger charge is 2.30. The molecule has 1 aliphatic heterocycles. The topological polar surface area (TPSA) is 79.7 Å². The maximum atomic E-state index is 12.6. The summed E-state index contributed by atoms with van der Waals surface area (Å²) in [7, 11) is 0. The Balaban J connectivity index is 1.45. The van der Waals surface area contributed by atoms with E-state index < -0.39 is 0 Å². The number of amides is 1. The molecule has 4 rings (SSSR count). The molecule has 0 bridgehead atoms. The van der Waals surface area contributed by atoms with Crippen molar-refractivity contribution in [1.82, 2.24) is 29.9 Å². The molecule has 2 aromatic heterocycles. The van der Waals surface area contributed by atoms with Crippen LogP contribution in [0.4, 0.5) is 0 Å². The number of carbonyl (C=O) groups excluding carboxylic acids is 1. The highest BCUT2D eigenvalue weighted by Crippen LogP contribution is 2.23. The van der Waals surface area contributed by atoms with Crippen LogP contribution < -0.4 is 0 Å². The molecule has 25 heavy (non-hydrogen) atoms. The molecule has 0 radical (unpaired) electrons. The summed E-state index contributed by atoms with van der Waals surface area (Å²) in [6.45, 7) is 0.799. The molecular weight excluding hydrogens is 316 g/mol. The second-order valence-corrected chi connectivity index (χ2v) is 6.26. The molecule has 7 nitrogen and oxygen atoms in total. The first-order valence-corrected chi connectivity index (χ1v) is 8.57. The quantitative estimate of drug-likeness (QED) is 0.775. The average Bonchev–Trinajstić information content (AvgIpc) is 3.41. The van der Waals surface area contributed by atoms with Crippen LogP contribution in [0.5, 0.6) is 0 Å². The van der Waals surface area contributed by atoms with Crippen LogP contribution in [0.15, 0.2) is 48.9 Å². The highest BCUT2D eigenvalue weighted by molar-refractivity contribution is 5.92. The van der Waals surface area contributed by atoms with Crippen molar-refractivity contribution in [3.8, 4) is 5.69 Å². The lowest BCUT2D eigenvalue weighted by Crippen LogP contribution is -2.36. The normalized spacial score (nSPS) is 17.1. The summed E-state index contributed by atoms with van der Waals surface area (Å²) in [4.78, 5) is 14.5. The van der Waals surface area contributed by atoms with Crippen molar-refractivity contribution in [3.63, 3.8) is 0 Å². The van der Waals surface area contributed by atoms with Crippen molar-refractivity contribution < 1.29 is 4.79 Å². The van der Waals surface area contributed by atoms with E-state index in [-0.39, 0.29) is 11.9 Å². The van der Waals surface area contributed by atoms with E-state index in [4.69, 9.17) is 0 Å². The van der Waals surface area contributed by atoms with Gasteiger partial charge in [-0.05, 0) is 37.5 Å². The van der Waals surface area contributed by atoms with Crippen molar-refractivity contribution in [2.75, 3.05) is 6.54 Å². The standard InChI is InChI=1S/C18H20N6O/c25-18(16-10-11-19-21-16)23-12-4-7-15(23)8-9-17-22-20-13-24(17)14-5-2-1-3-6-14/h1-3,5-6,10-11,13,15H,4,7-9,12H2,(H,19,21). The molecule has 7 heteroatoms. The van der Waals surface area contributed by atoms with Crippen LogP contribution in [0.25, 0.3) is 5.69 Å². The molecule has 1 unspecified atom stereocenters. The summed E-state index contributed by atoms with van der Waals surface area (Å²) in [5, 5.41) is 15.0. The van der Waals surface area contributed by atoms with E-state index >= 15 is 0 Å². The van der Waals surface area contributed by atoms with Crippen molar-refractivity contribution in [2.45, 2.75) is 31.7 Å². The third-order valence-electron chi connectivity index (χ3n) is 4.72. The molecule has 0 aliphatic carbocycles. The summed E-state index contributed by atoms with van der Waals surface area (Å²) in [5.74, 6) is 0.955. The highest BCUT2D eigenvalue weighted by atomic mass is 16.2. The Morgan fingerprint density at radius 3 is 2.92 bits per heavy atom. The molecule has 1 N–H and O–H groups in total. The van der Waals surface area contributed by atoms with Gasteiger partial charge >= 0.3 is 0 Å². The van der Waals surface area contributed by atoms with Crippen LogP contribution in [0.1, 0.15) is 35.6 Å². The van der Waals surface area contributed by atoms with Crippen LogP contribution in [-0.4, -0.2) is 48.4 Å². The Morgan fingerprint density at radius 2 is 2.12 bits per heavy atom. The van der Waals surface area contributed by atoms with Crippen LogP contribution in [0.2, 0.25) is 0 Å². The number of nitrogens with zero attached hydrogens (tertiary/aromatic N) is 5. The molecule has 128 valence electrons. The van der Waals surface area contributed by atoms with Gasteiger partial charge in [0.15, 0.2) is 0 Å². The predicted molar refractivity (Wildman–Crippen MR) is 92.3 cm³/mol. The maximum absolute atomic E-state index is 12.6. The minimum atomic E-state index is 0.0320. The first-order valence-electron chi connectivity index (χ1n) is 8.57. The van der Waals surface area contributed by atoms with Crippen molar-refractivity contribution in [1.29, 1.82) is 0 Å². The number of rotatable bonds is 5. The number of hydrogen-bond acceptors (Lipinski definition) is 4. The number of aromatic amines is 1. The van der Waals surface area contributed by atoms with Gasteiger partial charge in [0, 0.05) is 30.9 Å². The SMILES string of the molecule is O=C(c1ccn[nH]1)N1CCCC1CCc1nncn1-c1ccccc1. The molecule has 0 spiro atoms. The van der Waals surface area contributed by atoms with Gasteiger partial charge in [0.1, 0.15) is 17.8 Å². The summed E-state index contributed by atoms with van der Waals surface area (Å²) in [5.41, 5.74) is 1.61. The minimum Gasteiger partial charge on any atom is -0.334 e. The number of nitrogens with one attached hydrogen (secondary N) is 1. The lowest BCUT2D eigenvalue weighted by atomic mass is 10.1. The lowest BCUT2D eigenvalue weighted by molar-refractivity contribution is 0.0724. The monoisotopic (exact) mass is 336 g/mol. The number of benzene rings is 1. The Bertz CT molecular complexity index is 826.